The molecule has 1 saturated heterocycles. The van der Waals surface area contributed by atoms with Crippen LogP contribution in [0.2, 0.25) is 0 Å². The van der Waals surface area contributed by atoms with Crippen LogP contribution in [0.4, 0.5) is 10.5 Å². The molecule has 2 unspecified atom stereocenters. The molecule has 32 heavy (non-hydrogen) atoms. The molecule has 0 bridgehead atoms. The third kappa shape index (κ3) is 5.24. The lowest BCUT2D eigenvalue weighted by atomic mass is 9.89. The number of nitrogens with zero attached hydrogens (tertiary/aromatic N) is 2. The van der Waals surface area contributed by atoms with Crippen LogP contribution < -0.4 is 15.0 Å². The smallest absolute Gasteiger partial charge is 0.326 e. The Morgan fingerprint density at radius 1 is 1.00 bits per heavy atom. The number of carbonyl (C=O) groups is 2. The monoisotopic (exact) mass is 501 g/mol. The number of urea groups is 1. The van der Waals surface area contributed by atoms with Crippen LogP contribution >= 0.6 is 15.9 Å². The summed E-state index contributed by atoms with van der Waals surface area (Å²) in [5.41, 5.74) is 0.880. The summed E-state index contributed by atoms with van der Waals surface area (Å²) in [4.78, 5) is 28.7. The zero-order valence-electron chi connectivity index (χ0n) is 17.8. The van der Waals surface area contributed by atoms with Gasteiger partial charge in [-0.05, 0) is 43.2 Å². The zero-order valence-corrected chi connectivity index (χ0v) is 19.4. The molecule has 1 saturated carbocycles. The van der Waals surface area contributed by atoms with Crippen LogP contribution in [0.15, 0.2) is 59.1 Å². The fraction of sp³-hybridized carbons (Fsp3) is 0.417. The van der Waals surface area contributed by atoms with Gasteiger partial charge in [-0.2, -0.15) is 0 Å². The molecule has 2 aromatic rings. The number of aliphatic hydroxyl groups is 1. The van der Waals surface area contributed by atoms with E-state index in [0.717, 1.165) is 42.3 Å². The molecule has 1 heterocycles. The number of aliphatic hydroxyl groups excluding tert-OH is 1. The van der Waals surface area contributed by atoms with E-state index in [4.69, 9.17) is 4.74 Å². The maximum atomic E-state index is 12.9. The van der Waals surface area contributed by atoms with Crippen molar-refractivity contribution in [1.29, 1.82) is 0 Å². The molecule has 2 atom stereocenters. The highest BCUT2D eigenvalue weighted by Crippen LogP contribution is 2.28. The van der Waals surface area contributed by atoms with Crippen molar-refractivity contribution in [3.8, 4) is 5.75 Å². The van der Waals surface area contributed by atoms with Crippen molar-refractivity contribution < 1.29 is 19.4 Å². The van der Waals surface area contributed by atoms with E-state index in [-0.39, 0.29) is 18.4 Å². The highest BCUT2D eigenvalue weighted by molar-refractivity contribution is 9.10. The third-order valence-corrected chi connectivity index (χ3v) is 6.56. The van der Waals surface area contributed by atoms with Crippen LogP contribution in [-0.2, 0) is 4.79 Å². The largest absolute Gasteiger partial charge is 0.466 e. The average Bonchev–Trinajstić information content (AvgIpc) is 2.81. The molecule has 0 spiro atoms. The first kappa shape index (κ1) is 22.6. The van der Waals surface area contributed by atoms with Crippen LogP contribution in [0.25, 0.3) is 0 Å². The summed E-state index contributed by atoms with van der Waals surface area (Å²) in [6.07, 6.45) is 2.65. The minimum atomic E-state index is -1.26. The van der Waals surface area contributed by atoms with Crippen molar-refractivity contribution in [2.75, 3.05) is 18.0 Å². The van der Waals surface area contributed by atoms with Gasteiger partial charge in [-0.15, -0.1) is 0 Å². The molecule has 1 aliphatic carbocycles. The second-order valence-corrected chi connectivity index (χ2v) is 9.15. The third-order valence-electron chi connectivity index (χ3n) is 6.07. The van der Waals surface area contributed by atoms with E-state index in [2.05, 4.69) is 21.2 Å². The first-order chi connectivity index (χ1) is 15.5. The van der Waals surface area contributed by atoms with Gasteiger partial charge in [0.25, 0.3) is 0 Å². The van der Waals surface area contributed by atoms with Crippen molar-refractivity contribution in [2.45, 2.75) is 44.6 Å². The van der Waals surface area contributed by atoms with E-state index >= 15 is 0 Å². The van der Waals surface area contributed by atoms with Crippen LogP contribution in [0.5, 0.6) is 5.75 Å². The number of piperazine rings is 1. The zero-order chi connectivity index (χ0) is 22.5. The number of hydrogen-bond donors (Lipinski definition) is 2. The molecule has 2 N–H and O–H groups in total. The Morgan fingerprint density at radius 2 is 1.75 bits per heavy atom. The first-order valence-corrected chi connectivity index (χ1v) is 11.9. The molecule has 3 amide bonds. The SMILES string of the molecule is O=C(NC(=O)N1CCN(c2ccccc2)C(Oc2cccc(Br)c2)C1O)C1CCCCC1. The van der Waals surface area contributed by atoms with Crippen LogP contribution in [-0.4, -0.2) is 47.5 Å². The Bertz CT molecular complexity index is 936. The molecular weight excluding hydrogens is 474 g/mol. The highest BCUT2D eigenvalue weighted by Gasteiger charge is 2.40. The van der Waals surface area contributed by atoms with Crippen molar-refractivity contribution in [3.05, 3.63) is 59.1 Å². The summed E-state index contributed by atoms with van der Waals surface area (Å²) in [7, 11) is 0. The molecule has 0 aromatic heterocycles. The Labute approximate surface area is 196 Å². The highest BCUT2D eigenvalue weighted by atomic mass is 79.9. The minimum absolute atomic E-state index is 0.135. The molecule has 8 heteroatoms. The molecule has 4 rings (SSSR count). The number of halogens is 1. The Morgan fingerprint density at radius 3 is 2.47 bits per heavy atom. The fourth-order valence-electron chi connectivity index (χ4n) is 4.36. The number of benzene rings is 2. The second kappa shape index (κ2) is 10.4. The van der Waals surface area contributed by atoms with Crippen LogP contribution in [0.3, 0.4) is 0 Å². The van der Waals surface area contributed by atoms with Gasteiger partial charge in [0.15, 0.2) is 6.23 Å². The summed E-state index contributed by atoms with van der Waals surface area (Å²) in [6.45, 7) is 0.711. The Hall–Kier alpha value is -2.58. The minimum Gasteiger partial charge on any atom is -0.466 e. The average molecular weight is 502 g/mol. The number of rotatable bonds is 4. The Kier molecular flexibility index (Phi) is 7.32. The molecule has 2 fully saturated rings. The van der Waals surface area contributed by atoms with Gasteiger partial charge in [0, 0.05) is 29.2 Å². The second-order valence-electron chi connectivity index (χ2n) is 8.23. The summed E-state index contributed by atoms with van der Waals surface area (Å²) in [6, 6.07) is 16.4. The van der Waals surface area contributed by atoms with E-state index in [9.17, 15) is 14.7 Å². The number of hydrogen-bond acceptors (Lipinski definition) is 5. The summed E-state index contributed by atoms with van der Waals surface area (Å²) >= 11 is 3.43. The van der Waals surface area contributed by atoms with Gasteiger partial charge < -0.3 is 14.7 Å². The van der Waals surface area contributed by atoms with Gasteiger partial charge in [-0.3, -0.25) is 15.0 Å². The lowest BCUT2D eigenvalue weighted by Crippen LogP contribution is -2.65. The number of amides is 3. The topological polar surface area (TPSA) is 82.1 Å². The lowest BCUT2D eigenvalue weighted by Gasteiger charge is -2.45. The number of carbonyl (C=O) groups excluding carboxylic acids is 2. The first-order valence-electron chi connectivity index (χ1n) is 11.1. The molecular formula is C24H28BrN3O4. The fourth-order valence-corrected chi connectivity index (χ4v) is 4.73. The lowest BCUT2D eigenvalue weighted by molar-refractivity contribution is -0.125. The van der Waals surface area contributed by atoms with Crippen molar-refractivity contribution in [3.63, 3.8) is 0 Å². The number of imide groups is 1. The summed E-state index contributed by atoms with van der Waals surface area (Å²) in [5, 5.41) is 13.7. The van der Waals surface area contributed by atoms with E-state index < -0.39 is 18.5 Å². The normalized spacial score (nSPS) is 21.8. The van der Waals surface area contributed by atoms with Crippen LogP contribution in [0, 0.1) is 5.92 Å². The van der Waals surface area contributed by atoms with Crippen molar-refractivity contribution in [2.24, 2.45) is 5.92 Å². The molecule has 7 nitrogen and oxygen atoms in total. The van der Waals surface area contributed by atoms with Gasteiger partial charge in [-0.1, -0.05) is 59.5 Å². The summed E-state index contributed by atoms with van der Waals surface area (Å²) in [5.74, 6) is 0.172. The van der Waals surface area contributed by atoms with E-state index in [1.807, 2.05) is 53.4 Å². The van der Waals surface area contributed by atoms with Gasteiger partial charge >= 0.3 is 6.03 Å². The molecule has 170 valence electrons. The number of nitrogens with one attached hydrogen (secondary N) is 1. The molecule has 2 aliphatic rings. The quantitative estimate of drug-likeness (QED) is 0.658. The van der Waals surface area contributed by atoms with E-state index in [0.29, 0.717) is 12.3 Å². The van der Waals surface area contributed by atoms with Crippen molar-refractivity contribution >= 4 is 33.6 Å². The molecule has 1 aliphatic heterocycles. The molecule has 2 aromatic carbocycles. The van der Waals surface area contributed by atoms with Gasteiger partial charge in [0.1, 0.15) is 5.75 Å². The maximum Gasteiger partial charge on any atom is 0.326 e. The summed E-state index contributed by atoms with van der Waals surface area (Å²) < 4.78 is 7.00. The number of ether oxygens (including phenoxy) is 1. The standard InChI is InChI=1S/C24H28BrN3O4/c25-18-10-7-13-20(16-18)32-23-22(30)28(15-14-27(23)19-11-5-2-6-12-19)24(31)26-21(29)17-8-3-1-4-9-17/h2,5-7,10-13,16-17,22-23,30H,1,3-4,8-9,14-15H2,(H,26,29,31). The molecule has 0 radical (unpaired) electrons. The Balaban J connectivity index is 1.51. The number of anilines is 1. The predicted molar refractivity (Wildman–Crippen MR) is 125 cm³/mol. The van der Waals surface area contributed by atoms with Gasteiger partial charge in [-0.25, -0.2) is 4.79 Å². The van der Waals surface area contributed by atoms with E-state index in [1.54, 1.807) is 6.07 Å². The van der Waals surface area contributed by atoms with Gasteiger partial charge in [0.2, 0.25) is 12.1 Å². The van der Waals surface area contributed by atoms with Crippen LogP contribution in [0.1, 0.15) is 32.1 Å². The van der Waals surface area contributed by atoms with Crippen molar-refractivity contribution in [1.82, 2.24) is 10.2 Å². The maximum absolute atomic E-state index is 12.9. The van der Waals surface area contributed by atoms with E-state index in [1.165, 1.54) is 4.90 Å². The number of para-hydroxylation sites is 1. The van der Waals surface area contributed by atoms with Gasteiger partial charge in [0.05, 0.1) is 0 Å². The predicted octanol–water partition coefficient (Wildman–Crippen LogP) is 4.11.